The molecule has 1 N–H and O–H groups in total. The van der Waals surface area contributed by atoms with Crippen LogP contribution in [0.25, 0.3) is 0 Å². The Bertz CT molecular complexity index is 403. The van der Waals surface area contributed by atoms with Crippen molar-refractivity contribution >= 4 is 10.0 Å². The van der Waals surface area contributed by atoms with Crippen molar-refractivity contribution in [2.45, 2.75) is 64.3 Å². The number of nitrogens with zero attached hydrogens (tertiary/aromatic N) is 1. The van der Waals surface area contributed by atoms with Crippen molar-refractivity contribution in [2.24, 2.45) is 11.8 Å². The third-order valence-electron chi connectivity index (χ3n) is 5.29. The van der Waals surface area contributed by atoms with Gasteiger partial charge < -0.3 is 5.32 Å². The zero-order valence-electron chi connectivity index (χ0n) is 13.7. The van der Waals surface area contributed by atoms with E-state index in [1.807, 2.05) is 0 Å². The summed E-state index contributed by atoms with van der Waals surface area (Å²) < 4.78 is 25.0. The number of rotatable bonds is 5. The van der Waals surface area contributed by atoms with Gasteiger partial charge in [-0.25, -0.2) is 12.7 Å². The first-order valence-corrected chi connectivity index (χ1v) is 10.5. The van der Waals surface area contributed by atoms with Crippen molar-refractivity contribution in [1.29, 1.82) is 0 Å². The minimum absolute atomic E-state index is 0.474. The molecule has 124 valence electrons. The van der Waals surface area contributed by atoms with Gasteiger partial charge in [-0.05, 0) is 51.0 Å². The van der Waals surface area contributed by atoms with Crippen LogP contribution in [0.1, 0.15) is 58.3 Å². The third kappa shape index (κ3) is 5.53. The summed E-state index contributed by atoms with van der Waals surface area (Å²) in [6, 6.07) is 0.566. The molecule has 2 rings (SSSR count). The Morgan fingerprint density at radius 2 is 1.76 bits per heavy atom. The van der Waals surface area contributed by atoms with Gasteiger partial charge in [-0.3, -0.25) is 0 Å². The van der Waals surface area contributed by atoms with E-state index in [1.54, 1.807) is 4.31 Å². The van der Waals surface area contributed by atoms with Crippen LogP contribution in [0.3, 0.4) is 0 Å². The van der Waals surface area contributed by atoms with E-state index in [-0.39, 0.29) is 0 Å². The number of hydrogen-bond acceptors (Lipinski definition) is 3. The van der Waals surface area contributed by atoms with Crippen molar-refractivity contribution in [1.82, 2.24) is 9.62 Å². The van der Waals surface area contributed by atoms with Crippen LogP contribution in [-0.2, 0) is 10.0 Å². The second kappa shape index (κ2) is 7.93. The molecule has 21 heavy (non-hydrogen) atoms. The van der Waals surface area contributed by atoms with E-state index in [0.717, 1.165) is 25.3 Å². The van der Waals surface area contributed by atoms with Crippen molar-refractivity contribution in [3.63, 3.8) is 0 Å². The third-order valence-corrected chi connectivity index (χ3v) is 6.56. The van der Waals surface area contributed by atoms with Gasteiger partial charge in [0.2, 0.25) is 10.0 Å². The van der Waals surface area contributed by atoms with Crippen molar-refractivity contribution < 1.29 is 8.42 Å². The summed E-state index contributed by atoms with van der Waals surface area (Å²) in [6.07, 6.45) is 11.7. The lowest BCUT2D eigenvalue weighted by Crippen LogP contribution is -2.44. The summed E-state index contributed by atoms with van der Waals surface area (Å²) >= 11 is 0. The molecule has 0 spiro atoms. The molecule has 0 aromatic heterocycles. The molecule has 1 aliphatic carbocycles. The lowest BCUT2D eigenvalue weighted by Gasteiger charge is -2.33. The molecule has 2 aliphatic rings. The highest BCUT2D eigenvalue weighted by Gasteiger charge is 2.26. The number of hydrogen-bond donors (Lipinski definition) is 1. The topological polar surface area (TPSA) is 49.4 Å². The van der Waals surface area contributed by atoms with E-state index >= 15 is 0 Å². The van der Waals surface area contributed by atoms with Crippen molar-refractivity contribution in [2.75, 3.05) is 25.9 Å². The molecule has 2 fully saturated rings. The first-order valence-electron chi connectivity index (χ1n) is 8.65. The Morgan fingerprint density at radius 1 is 1.10 bits per heavy atom. The van der Waals surface area contributed by atoms with E-state index in [2.05, 4.69) is 12.2 Å². The fraction of sp³-hybridized carbons (Fsp3) is 1.00. The monoisotopic (exact) mass is 316 g/mol. The van der Waals surface area contributed by atoms with E-state index in [0.29, 0.717) is 25.0 Å². The smallest absolute Gasteiger partial charge is 0.211 e. The number of nitrogens with one attached hydrogen (secondary N) is 1. The Hall–Kier alpha value is -0.130. The van der Waals surface area contributed by atoms with Gasteiger partial charge in [-0.1, -0.05) is 25.7 Å². The van der Waals surface area contributed by atoms with Gasteiger partial charge in [0.1, 0.15) is 0 Å². The number of sulfonamides is 1. The summed E-state index contributed by atoms with van der Waals surface area (Å²) in [5, 5.41) is 3.70. The number of piperidine rings is 1. The maximum Gasteiger partial charge on any atom is 0.211 e. The molecule has 2 atom stereocenters. The Balaban J connectivity index is 1.76. The molecule has 1 saturated heterocycles. The van der Waals surface area contributed by atoms with Crippen LogP contribution < -0.4 is 5.32 Å². The van der Waals surface area contributed by atoms with Crippen LogP contribution in [0.2, 0.25) is 0 Å². The quantitative estimate of drug-likeness (QED) is 0.793. The first kappa shape index (κ1) is 17.2. The highest BCUT2D eigenvalue weighted by atomic mass is 32.2. The minimum Gasteiger partial charge on any atom is -0.314 e. The van der Waals surface area contributed by atoms with Crippen LogP contribution in [-0.4, -0.2) is 44.7 Å². The average Bonchev–Trinajstić information content (AvgIpc) is 2.73. The van der Waals surface area contributed by atoms with E-state index in [4.69, 9.17) is 0 Å². The molecule has 0 amide bonds. The van der Waals surface area contributed by atoms with Gasteiger partial charge in [0.15, 0.2) is 0 Å². The van der Waals surface area contributed by atoms with Gasteiger partial charge in [0.05, 0.1) is 6.26 Å². The predicted molar refractivity (Wildman–Crippen MR) is 87.8 cm³/mol. The largest absolute Gasteiger partial charge is 0.314 e. The molecule has 1 aliphatic heterocycles. The Labute approximate surface area is 130 Å². The maximum atomic E-state index is 11.7. The zero-order chi connectivity index (χ0) is 15.3. The summed E-state index contributed by atoms with van der Waals surface area (Å²) in [6.45, 7) is 4.67. The van der Waals surface area contributed by atoms with Crippen LogP contribution >= 0.6 is 0 Å². The molecule has 0 bridgehead atoms. The van der Waals surface area contributed by atoms with Gasteiger partial charge in [-0.15, -0.1) is 0 Å². The normalized spacial score (nSPS) is 28.2. The minimum atomic E-state index is -3.02. The Morgan fingerprint density at radius 3 is 2.38 bits per heavy atom. The lowest BCUT2D eigenvalue weighted by molar-refractivity contribution is 0.242. The van der Waals surface area contributed by atoms with Gasteiger partial charge in [0, 0.05) is 19.1 Å². The highest BCUT2D eigenvalue weighted by molar-refractivity contribution is 7.88. The molecule has 0 aromatic rings. The standard InChI is InChI=1S/C16H32N2O2S/c1-14(16-9-5-3-4-6-10-16)17-12-15-8-7-11-18(13-15)21(2,19)20/h14-17H,3-13H2,1-2H3/t14-,15?/m1/s1. The Kier molecular flexibility index (Phi) is 6.51. The van der Waals surface area contributed by atoms with Crippen molar-refractivity contribution in [3.05, 3.63) is 0 Å². The molecule has 5 heteroatoms. The SMILES string of the molecule is C[C@@H](NCC1CCCN(S(C)(=O)=O)C1)C1CCCCCC1. The average molecular weight is 317 g/mol. The van der Waals surface area contributed by atoms with E-state index in [1.165, 1.54) is 44.8 Å². The molecule has 1 unspecified atom stereocenters. The molecule has 1 heterocycles. The second-order valence-corrected chi connectivity index (χ2v) is 9.06. The van der Waals surface area contributed by atoms with E-state index in [9.17, 15) is 8.42 Å². The van der Waals surface area contributed by atoms with Gasteiger partial charge >= 0.3 is 0 Å². The molecule has 0 aromatic carbocycles. The molecule has 0 radical (unpaired) electrons. The predicted octanol–water partition coefficient (Wildman–Crippen LogP) is 2.61. The van der Waals surface area contributed by atoms with Crippen LogP contribution in [0, 0.1) is 11.8 Å². The summed E-state index contributed by atoms with van der Waals surface area (Å²) in [5.41, 5.74) is 0. The fourth-order valence-electron chi connectivity index (χ4n) is 3.82. The van der Waals surface area contributed by atoms with Crippen LogP contribution in [0.5, 0.6) is 0 Å². The van der Waals surface area contributed by atoms with Gasteiger partial charge in [0.25, 0.3) is 0 Å². The van der Waals surface area contributed by atoms with Gasteiger partial charge in [-0.2, -0.15) is 0 Å². The summed E-state index contributed by atoms with van der Waals surface area (Å²) in [4.78, 5) is 0. The zero-order valence-corrected chi connectivity index (χ0v) is 14.5. The fourth-order valence-corrected chi connectivity index (χ4v) is 4.77. The van der Waals surface area contributed by atoms with Crippen LogP contribution in [0.4, 0.5) is 0 Å². The van der Waals surface area contributed by atoms with E-state index < -0.39 is 10.0 Å². The molecular formula is C16H32N2O2S. The molecule has 4 nitrogen and oxygen atoms in total. The molecular weight excluding hydrogens is 284 g/mol. The summed E-state index contributed by atoms with van der Waals surface area (Å²) in [5.74, 6) is 1.28. The highest BCUT2D eigenvalue weighted by Crippen LogP contribution is 2.26. The first-order chi connectivity index (χ1) is 9.97. The second-order valence-electron chi connectivity index (χ2n) is 7.08. The summed E-state index contributed by atoms with van der Waals surface area (Å²) in [7, 11) is -3.02. The van der Waals surface area contributed by atoms with Crippen LogP contribution in [0.15, 0.2) is 0 Å². The molecule has 1 saturated carbocycles. The lowest BCUT2D eigenvalue weighted by atomic mass is 9.92. The van der Waals surface area contributed by atoms with Crippen molar-refractivity contribution in [3.8, 4) is 0 Å². The maximum absolute atomic E-state index is 11.7.